The van der Waals surface area contributed by atoms with Crippen LogP contribution >= 0.6 is 0 Å². The normalized spacial score (nSPS) is 10.6. The van der Waals surface area contributed by atoms with Crippen molar-refractivity contribution >= 4 is 11.2 Å². The highest BCUT2D eigenvalue weighted by Gasteiger charge is 2.15. The Hall–Kier alpha value is -2.81. The largest absolute Gasteiger partial charge is 0.322 e. The third kappa shape index (κ3) is 1.81. The van der Waals surface area contributed by atoms with Crippen molar-refractivity contribution in [3.05, 3.63) is 47.7 Å². The number of nitrogens with zero attached hydrogens (tertiary/aromatic N) is 3. The summed E-state index contributed by atoms with van der Waals surface area (Å²) < 4.78 is 27.3. The number of hydrogen-bond donors (Lipinski definition) is 1. The highest BCUT2D eigenvalue weighted by molar-refractivity contribution is 5.77. The number of hydrogen-bond acceptors (Lipinski definition) is 3. The third-order valence-corrected chi connectivity index (χ3v) is 2.67. The van der Waals surface area contributed by atoms with Crippen LogP contribution in [0.2, 0.25) is 0 Å². The molecule has 0 unspecified atom stereocenters. The molecule has 2 aromatic heterocycles. The van der Waals surface area contributed by atoms with Crippen molar-refractivity contribution in [2.45, 2.75) is 0 Å². The number of H-pyrrole nitrogens is 1. The molecule has 92 valence electrons. The van der Waals surface area contributed by atoms with E-state index in [1.54, 1.807) is 0 Å². The van der Waals surface area contributed by atoms with Crippen LogP contribution < -0.4 is 0 Å². The molecule has 0 atom stereocenters. The smallest absolute Gasteiger partial charge is 0.157 e. The first-order chi connectivity index (χ1) is 9.19. The van der Waals surface area contributed by atoms with Gasteiger partial charge in [-0.3, -0.25) is 0 Å². The minimum absolute atomic E-state index is 0.0492. The highest BCUT2D eigenvalue weighted by Crippen LogP contribution is 2.25. The Bertz CT molecular complexity index is 797. The molecule has 0 aliphatic heterocycles. The molecule has 3 rings (SSSR count). The number of pyridine rings is 1. The number of imidazole rings is 1. The van der Waals surface area contributed by atoms with Crippen LogP contribution in [0.15, 0.2) is 30.5 Å². The van der Waals surface area contributed by atoms with Gasteiger partial charge in [-0.05, 0) is 18.2 Å². The van der Waals surface area contributed by atoms with Crippen molar-refractivity contribution in [2.75, 3.05) is 0 Å². The summed E-state index contributed by atoms with van der Waals surface area (Å²) >= 11 is 0. The van der Waals surface area contributed by atoms with Crippen LogP contribution in [-0.2, 0) is 0 Å². The number of nitriles is 1. The SMILES string of the molecule is N#Cc1cnc2[nH]c(-c3c(F)cccc3F)nc2c1. The van der Waals surface area contributed by atoms with E-state index in [-0.39, 0.29) is 11.4 Å². The Morgan fingerprint density at radius 3 is 2.63 bits per heavy atom. The van der Waals surface area contributed by atoms with Gasteiger partial charge >= 0.3 is 0 Å². The molecule has 0 bridgehead atoms. The Morgan fingerprint density at radius 1 is 1.21 bits per heavy atom. The minimum Gasteiger partial charge on any atom is -0.322 e. The molecule has 0 amide bonds. The molecular formula is C13H6F2N4. The van der Waals surface area contributed by atoms with E-state index in [9.17, 15) is 8.78 Å². The lowest BCUT2D eigenvalue weighted by atomic mass is 10.2. The quantitative estimate of drug-likeness (QED) is 0.728. The van der Waals surface area contributed by atoms with E-state index in [1.807, 2.05) is 6.07 Å². The Labute approximate surface area is 106 Å². The van der Waals surface area contributed by atoms with Crippen LogP contribution in [0.5, 0.6) is 0 Å². The Balaban J connectivity index is 2.24. The molecule has 0 spiro atoms. The van der Waals surface area contributed by atoms with Gasteiger partial charge in [-0.1, -0.05) is 6.07 Å². The number of rotatable bonds is 1. The van der Waals surface area contributed by atoms with Crippen LogP contribution in [0.3, 0.4) is 0 Å². The zero-order valence-electron chi connectivity index (χ0n) is 9.48. The second kappa shape index (κ2) is 4.14. The fraction of sp³-hybridized carbons (Fsp3) is 0. The summed E-state index contributed by atoms with van der Waals surface area (Å²) in [6, 6.07) is 7.01. The second-order valence-electron chi connectivity index (χ2n) is 3.89. The number of aromatic amines is 1. The molecule has 0 saturated carbocycles. The number of aromatic nitrogens is 3. The minimum atomic E-state index is -0.709. The Kier molecular flexibility index (Phi) is 2.46. The van der Waals surface area contributed by atoms with Gasteiger partial charge in [-0.15, -0.1) is 0 Å². The van der Waals surface area contributed by atoms with E-state index in [0.29, 0.717) is 16.7 Å². The monoisotopic (exact) mass is 256 g/mol. The molecule has 1 N–H and O–H groups in total. The average Bonchev–Trinajstić information content (AvgIpc) is 2.80. The van der Waals surface area contributed by atoms with Crippen LogP contribution in [0.4, 0.5) is 8.78 Å². The van der Waals surface area contributed by atoms with Gasteiger partial charge in [0.05, 0.1) is 11.1 Å². The first kappa shape index (κ1) is 11.3. The molecule has 6 heteroatoms. The van der Waals surface area contributed by atoms with Gasteiger partial charge in [0.15, 0.2) is 5.65 Å². The van der Waals surface area contributed by atoms with E-state index in [2.05, 4.69) is 15.0 Å². The average molecular weight is 256 g/mol. The van der Waals surface area contributed by atoms with E-state index in [1.165, 1.54) is 18.3 Å². The van der Waals surface area contributed by atoms with Gasteiger partial charge in [0.25, 0.3) is 0 Å². The van der Waals surface area contributed by atoms with Gasteiger partial charge in [-0.2, -0.15) is 5.26 Å². The lowest BCUT2D eigenvalue weighted by Gasteiger charge is -1.99. The van der Waals surface area contributed by atoms with Crippen molar-refractivity contribution < 1.29 is 8.78 Å². The first-order valence-electron chi connectivity index (χ1n) is 5.39. The van der Waals surface area contributed by atoms with Crippen molar-refractivity contribution in [1.29, 1.82) is 5.26 Å². The van der Waals surface area contributed by atoms with E-state index in [4.69, 9.17) is 5.26 Å². The maximum absolute atomic E-state index is 13.6. The molecule has 0 radical (unpaired) electrons. The molecule has 2 heterocycles. The molecule has 0 fully saturated rings. The molecule has 3 aromatic rings. The summed E-state index contributed by atoms with van der Waals surface area (Å²) in [5, 5.41) is 8.76. The fourth-order valence-corrected chi connectivity index (χ4v) is 1.80. The van der Waals surface area contributed by atoms with Crippen molar-refractivity contribution in [3.63, 3.8) is 0 Å². The fourth-order valence-electron chi connectivity index (χ4n) is 1.80. The van der Waals surface area contributed by atoms with E-state index < -0.39 is 11.6 Å². The van der Waals surface area contributed by atoms with Gasteiger partial charge in [0.1, 0.15) is 29.0 Å². The summed E-state index contributed by atoms with van der Waals surface area (Å²) in [6.07, 6.45) is 1.36. The van der Waals surface area contributed by atoms with Gasteiger partial charge < -0.3 is 4.98 Å². The van der Waals surface area contributed by atoms with Crippen LogP contribution in [0.25, 0.3) is 22.6 Å². The second-order valence-corrected chi connectivity index (χ2v) is 3.89. The lowest BCUT2D eigenvalue weighted by Crippen LogP contribution is -1.91. The van der Waals surface area contributed by atoms with Gasteiger partial charge in [0, 0.05) is 6.20 Å². The number of nitrogens with one attached hydrogen (secondary N) is 1. The maximum Gasteiger partial charge on any atom is 0.157 e. The number of fused-ring (bicyclic) bond motifs is 1. The first-order valence-corrected chi connectivity index (χ1v) is 5.39. The topological polar surface area (TPSA) is 65.4 Å². The molecule has 0 aliphatic rings. The summed E-state index contributed by atoms with van der Waals surface area (Å²) in [6.45, 7) is 0. The predicted molar refractivity (Wildman–Crippen MR) is 64.0 cm³/mol. The summed E-state index contributed by atoms with van der Waals surface area (Å²) in [5.74, 6) is -1.37. The zero-order chi connectivity index (χ0) is 13.4. The zero-order valence-corrected chi connectivity index (χ0v) is 9.48. The molecule has 0 saturated heterocycles. The highest BCUT2D eigenvalue weighted by atomic mass is 19.1. The van der Waals surface area contributed by atoms with Crippen LogP contribution in [-0.4, -0.2) is 15.0 Å². The number of halogens is 2. The van der Waals surface area contributed by atoms with Crippen molar-refractivity contribution in [2.24, 2.45) is 0 Å². The van der Waals surface area contributed by atoms with Gasteiger partial charge in [0.2, 0.25) is 0 Å². The third-order valence-electron chi connectivity index (χ3n) is 2.67. The van der Waals surface area contributed by atoms with E-state index in [0.717, 1.165) is 12.1 Å². The van der Waals surface area contributed by atoms with Crippen LogP contribution in [0.1, 0.15) is 5.56 Å². The summed E-state index contributed by atoms with van der Waals surface area (Å²) in [4.78, 5) is 10.8. The summed E-state index contributed by atoms with van der Waals surface area (Å²) in [5.41, 5.74) is 0.854. The molecule has 0 aliphatic carbocycles. The van der Waals surface area contributed by atoms with Gasteiger partial charge in [-0.25, -0.2) is 18.7 Å². The summed E-state index contributed by atoms with van der Waals surface area (Å²) in [7, 11) is 0. The molecule has 19 heavy (non-hydrogen) atoms. The van der Waals surface area contributed by atoms with Crippen molar-refractivity contribution in [1.82, 2.24) is 15.0 Å². The van der Waals surface area contributed by atoms with E-state index >= 15 is 0 Å². The standard InChI is InChI=1S/C13H6F2N4/c14-8-2-1-3-9(15)11(8)13-18-10-4-7(5-16)6-17-12(10)19-13/h1-4,6H,(H,17,18,19). The van der Waals surface area contributed by atoms with Crippen LogP contribution in [0, 0.1) is 23.0 Å². The molecule has 4 nitrogen and oxygen atoms in total. The maximum atomic E-state index is 13.6. The Morgan fingerprint density at radius 2 is 1.95 bits per heavy atom. The lowest BCUT2D eigenvalue weighted by molar-refractivity contribution is 0.588. The molecular weight excluding hydrogens is 250 g/mol. The predicted octanol–water partition coefficient (Wildman–Crippen LogP) is 2.77. The number of benzene rings is 1. The van der Waals surface area contributed by atoms with Crippen molar-refractivity contribution in [3.8, 4) is 17.5 Å². The molecule has 1 aromatic carbocycles.